The van der Waals surface area contributed by atoms with E-state index in [9.17, 15) is 14.7 Å². The third kappa shape index (κ3) is 2.93. The van der Waals surface area contributed by atoms with Gasteiger partial charge >= 0.3 is 0 Å². The van der Waals surface area contributed by atoms with Crippen LogP contribution in [0, 0.1) is 12.3 Å². The molecule has 1 N–H and O–H groups in total. The predicted molar refractivity (Wildman–Crippen MR) is 74.7 cm³/mol. The van der Waals surface area contributed by atoms with Crippen molar-refractivity contribution in [2.24, 2.45) is 5.41 Å². The number of carbonyl (C=O) groups is 1. The van der Waals surface area contributed by atoms with Crippen LogP contribution in [0.1, 0.15) is 42.5 Å². The summed E-state index contributed by atoms with van der Waals surface area (Å²) in [5.74, 6) is 0.299. The van der Waals surface area contributed by atoms with E-state index in [2.05, 4.69) is 6.92 Å². The summed E-state index contributed by atoms with van der Waals surface area (Å²) in [6.07, 6.45) is 2.47. The fraction of sp³-hybridized carbons (Fsp3) is 0.600. The highest BCUT2D eigenvalue weighted by Crippen LogP contribution is 2.34. The van der Waals surface area contributed by atoms with Crippen LogP contribution in [0.2, 0.25) is 0 Å². The molecule has 5 heteroatoms. The first kappa shape index (κ1) is 14.8. The maximum absolute atomic E-state index is 12.3. The summed E-state index contributed by atoms with van der Waals surface area (Å²) < 4.78 is 5.34. The minimum absolute atomic E-state index is 0.0653. The first-order valence-corrected chi connectivity index (χ1v) is 7.01. The van der Waals surface area contributed by atoms with Crippen molar-refractivity contribution >= 4 is 5.91 Å². The number of aryl methyl sites for hydroxylation is 1. The molecule has 1 aromatic heterocycles. The van der Waals surface area contributed by atoms with Gasteiger partial charge in [-0.2, -0.15) is 0 Å². The first-order chi connectivity index (χ1) is 9.49. The van der Waals surface area contributed by atoms with Crippen LogP contribution in [0.4, 0.5) is 0 Å². The zero-order valence-corrected chi connectivity index (χ0v) is 12.0. The zero-order chi connectivity index (χ0) is 14.8. The Labute approximate surface area is 118 Å². The molecule has 1 fully saturated rings. The molecule has 0 bridgehead atoms. The highest BCUT2D eigenvalue weighted by Gasteiger charge is 2.34. The summed E-state index contributed by atoms with van der Waals surface area (Å²) in [4.78, 5) is 25.4. The number of aliphatic hydroxyl groups is 1. The first-order valence-electron chi connectivity index (χ1n) is 7.01. The van der Waals surface area contributed by atoms with Crippen LogP contribution in [-0.2, 0) is 0 Å². The summed E-state index contributed by atoms with van der Waals surface area (Å²) in [6.45, 7) is 5.05. The second-order valence-corrected chi connectivity index (χ2v) is 5.57. The summed E-state index contributed by atoms with van der Waals surface area (Å²) in [5.41, 5.74) is -0.281. The minimum Gasteiger partial charge on any atom is -0.456 e. The lowest BCUT2D eigenvalue weighted by Gasteiger charge is -2.40. The molecule has 20 heavy (non-hydrogen) atoms. The van der Waals surface area contributed by atoms with Crippen molar-refractivity contribution in [1.29, 1.82) is 0 Å². The third-order valence-corrected chi connectivity index (χ3v) is 4.30. The normalized spacial score (nSPS) is 18.1. The highest BCUT2D eigenvalue weighted by molar-refractivity contribution is 5.91. The summed E-state index contributed by atoms with van der Waals surface area (Å²) >= 11 is 0. The number of hydrogen-bond acceptors (Lipinski definition) is 4. The van der Waals surface area contributed by atoms with Gasteiger partial charge in [0.15, 0.2) is 11.2 Å². The van der Waals surface area contributed by atoms with Crippen molar-refractivity contribution in [2.45, 2.75) is 33.1 Å². The van der Waals surface area contributed by atoms with Crippen molar-refractivity contribution in [3.8, 4) is 0 Å². The van der Waals surface area contributed by atoms with Crippen LogP contribution in [0.25, 0.3) is 0 Å². The molecule has 0 atom stereocenters. The van der Waals surface area contributed by atoms with Crippen molar-refractivity contribution in [3.05, 3.63) is 33.9 Å². The molecular weight excluding hydrogens is 258 g/mol. The van der Waals surface area contributed by atoms with Crippen LogP contribution in [0.5, 0.6) is 0 Å². The van der Waals surface area contributed by atoms with E-state index < -0.39 is 0 Å². The summed E-state index contributed by atoms with van der Waals surface area (Å²) in [6, 6.07) is 2.60. The van der Waals surface area contributed by atoms with E-state index in [-0.39, 0.29) is 29.1 Å². The Bertz CT molecular complexity index is 535. The Morgan fingerprint density at radius 2 is 2.05 bits per heavy atom. The monoisotopic (exact) mass is 279 g/mol. The van der Waals surface area contributed by atoms with Crippen molar-refractivity contribution < 1.29 is 14.3 Å². The van der Waals surface area contributed by atoms with Gasteiger partial charge in [0.2, 0.25) is 0 Å². The minimum atomic E-state index is -0.242. The molecule has 1 saturated heterocycles. The van der Waals surface area contributed by atoms with Crippen LogP contribution in [-0.4, -0.2) is 35.6 Å². The number of likely N-dealkylation sites (tertiary alicyclic amines) is 1. The van der Waals surface area contributed by atoms with E-state index in [0.29, 0.717) is 18.8 Å². The molecule has 1 aliphatic heterocycles. The van der Waals surface area contributed by atoms with Crippen LogP contribution >= 0.6 is 0 Å². The Kier molecular flexibility index (Phi) is 4.28. The van der Waals surface area contributed by atoms with Gasteiger partial charge in [0.1, 0.15) is 5.76 Å². The topological polar surface area (TPSA) is 70.8 Å². The maximum atomic E-state index is 12.3. The van der Waals surface area contributed by atoms with E-state index in [1.54, 1.807) is 11.8 Å². The molecular formula is C15H21NO4. The average Bonchev–Trinajstić information content (AvgIpc) is 2.45. The SMILES string of the molecule is CCC1(CO)CCN(C(=O)c2cc(=O)cc(C)o2)CC1. The van der Waals surface area contributed by atoms with Gasteiger partial charge in [-0.1, -0.05) is 6.92 Å². The standard InChI is InChI=1S/C15H21NO4/c1-3-15(10-17)4-6-16(7-5-15)14(19)13-9-12(18)8-11(2)20-13/h8-9,17H,3-7,10H2,1-2H3. The molecule has 0 unspecified atom stereocenters. The molecule has 0 radical (unpaired) electrons. The van der Waals surface area contributed by atoms with Gasteiger partial charge in [0.05, 0.1) is 0 Å². The average molecular weight is 279 g/mol. The van der Waals surface area contributed by atoms with E-state index in [0.717, 1.165) is 19.3 Å². The highest BCUT2D eigenvalue weighted by atomic mass is 16.3. The van der Waals surface area contributed by atoms with Gasteiger partial charge < -0.3 is 14.4 Å². The van der Waals surface area contributed by atoms with E-state index >= 15 is 0 Å². The van der Waals surface area contributed by atoms with Crippen LogP contribution in [0.15, 0.2) is 21.3 Å². The lowest BCUT2D eigenvalue weighted by Crippen LogP contribution is -2.44. The molecule has 0 saturated carbocycles. The molecule has 1 aliphatic rings. The van der Waals surface area contributed by atoms with Crippen LogP contribution < -0.4 is 5.43 Å². The van der Waals surface area contributed by atoms with Crippen molar-refractivity contribution in [3.63, 3.8) is 0 Å². The smallest absolute Gasteiger partial charge is 0.289 e. The molecule has 0 aliphatic carbocycles. The fourth-order valence-corrected chi connectivity index (χ4v) is 2.67. The molecule has 1 amide bonds. The quantitative estimate of drug-likeness (QED) is 0.911. The van der Waals surface area contributed by atoms with Crippen LogP contribution in [0.3, 0.4) is 0 Å². The molecule has 2 heterocycles. The Morgan fingerprint density at radius 1 is 1.40 bits per heavy atom. The van der Waals surface area contributed by atoms with Gasteiger partial charge in [-0.3, -0.25) is 9.59 Å². The zero-order valence-electron chi connectivity index (χ0n) is 12.0. The van der Waals surface area contributed by atoms with Gasteiger partial charge in [0.25, 0.3) is 5.91 Å². The van der Waals surface area contributed by atoms with Crippen molar-refractivity contribution in [2.75, 3.05) is 19.7 Å². The lowest BCUT2D eigenvalue weighted by atomic mass is 9.77. The predicted octanol–water partition coefficient (Wildman–Crippen LogP) is 1.57. The largest absolute Gasteiger partial charge is 0.456 e. The van der Waals surface area contributed by atoms with Gasteiger partial charge in [-0.25, -0.2) is 0 Å². The van der Waals surface area contributed by atoms with Crippen molar-refractivity contribution in [1.82, 2.24) is 4.90 Å². The Hall–Kier alpha value is -1.62. The number of aliphatic hydroxyl groups excluding tert-OH is 1. The fourth-order valence-electron chi connectivity index (χ4n) is 2.67. The third-order valence-electron chi connectivity index (χ3n) is 4.30. The Balaban J connectivity index is 2.10. The van der Waals surface area contributed by atoms with E-state index in [1.807, 2.05) is 0 Å². The molecule has 0 aromatic carbocycles. The summed E-state index contributed by atoms with van der Waals surface area (Å²) in [5, 5.41) is 9.49. The Morgan fingerprint density at radius 3 is 2.55 bits per heavy atom. The molecule has 110 valence electrons. The van der Waals surface area contributed by atoms with E-state index in [4.69, 9.17) is 4.42 Å². The number of carbonyl (C=O) groups excluding carboxylic acids is 1. The number of piperidine rings is 1. The van der Waals surface area contributed by atoms with Gasteiger partial charge in [0, 0.05) is 31.8 Å². The van der Waals surface area contributed by atoms with E-state index in [1.165, 1.54) is 12.1 Å². The molecule has 0 spiro atoms. The molecule has 1 aromatic rings. The van der Waals surface area contributed by atoms with Gasteiger partial charge in [-0.05, 0) is 31.6 Å². The lowest BCUT2D eigenvalue weighted by molar-refractivity contribution is 0.0318. The molecule has 5 nitrogen and oxygen atoms in total. The summed E-state index contributed by atoms with van der Waals surface area (Å²) in [7, 11) is 0. The maximum Gasteiger partial charge on any atom is 0.289 e. The number of amides is 1. The number of hydrogen-bond donors (Lipinski definition) is 1. The number of rotatable bonds is 3. The second-order valence-electron chi connectivity index (χ2n) is 5.57. The second kappa shape index (κ2) is 5.79. The number of nitrogens with zero attached hydrogens (tertiary/aromatic N) is 1. The van der Waals surface area contributed by atoms with Gasteiger partial charge in [-0.15, -0.1) is 0 Å². The molecule has 2 rings (SSSR count).